The maximum atomic E-state index is 10.7. The van der Waals surface area contributed by atoms with Crippen molar-refractivity contribution >= 4 is 24.2 Å². The van der Waals surface area contributed by atoms with Crippen LogP contribution in [0.25, 0.3) is 0 Å². The molecule has 0 bridgehead atoms. The summed E-state index contributed by atoms with van der Waals surface area (Å²) in [6.45, 7) is 1.96. The average Bonchev–Trinajstić information content (AvgIpc) is 2.71. The molecule has 0 saturated carbocycles. The number of aromatic nitrogens is 1. The number of anilines is 1. The number of aromatic carboxylic acids is 1. The summed E-state index contributed by atoms with van der Waals surface area (Å²) in [5.41, 5.74) is 0.120. The monoisotopic (exact) mass is 228 g/mol. The lowest BCUT2D eigenvalue weighted by Gasteiger charge is -2.15. The Hall–Kier alpha value is -1.29. The zero-order valence-electron chi connectivity index (χ0n) is 8.22. The van der Waals surface area contributed by atoms with Crippen molar-refractivity contribution in [3.63, 3.8) is 0 Å². The highest BCUT2D eigenvalue weighted by Crippen LogP contribution is 2.17. The second kappa shape index (κ2) is 4.98. The second-order valence-electron chi connectivity index (χ2n) is 3.38. The highest BCUT2D eigenvalue weighted by Gasteiger charge is 2.14. The fourth-order valence-electron chi connectivity index (χ4n) is 1.66. The van der Waals surface area contributed by atoms with Crippen molar-refractivity contribution in [3.05, 3.63) is 23.9 Å². The van der Waals surface area contributed by atoms with Crippen LogP contribution in [-0.2, 0) is 0 Å². The first-order valence-electron chi connectivity index (χ1n) is 4.73. The lowest BCUT2D eigenvalue weighted by atomic mass is 10.3. The summed E-state index contributed by atoms with van der Waals surface area (Å²) in [4.78, 5) is 16.9. The third-order valence-electron chi connectivity index (χ3n) is 2.38. The van der Waals surface area contributed by atoms with Gasteiger partial charge in [-0.1, -0.05) is 6.07 Å². The maximum Gasteiger partial charge on any atom is 0.354 e. The van der Waals surface area contributed by atoms with Gasteiger partial charge in [-0.05, 0) is 25.0 Å². The van der Waals surface area contributed by atoms with Crippen molar-refractivity contribution in [2.45, 2.75) is 12.8 Å². The molecular weight excluding hydrogens is 216 g/mol. The summed E-state index contributed by atoms with van der Waals surface area (Å²) in [5, 5.41) is 8.77. The first kappa shape index (κ1) is 11.8. The van der Waals surface area contributed by atoms with Crippen molar-refractivity contribution < 1.29 is 9.90 Å². The fourth-order valence-corrected chi connectivity index (χ4v) is 1.66. The Morgan fingerprint density at radius 2 is 2.00 bits per heavy atom. The van der Waals surface area contributed by atoms with Gasteiger partial charge >= 0.3 is 5.97 Å². The minimum Gasteiger partial charge on any atom is -0.477 e. The molecule has 1 aliphatic heterocycles. The Balaban J connectivity index is 0.00000112. The Bertz CT molecular complexity index is 351. The molecule has 1 saturated heterocycles. The van der Waals surface area contributed by atoms with Crippen LogP contribution < -0.4 is 4.90 Å². The lowest BCUT2D eigenvalue weighted by molar-refractivity contribution is 0.0690. The van der Waals surface area contributed by atoms with Crippen LogP contribution in [-0.4, -0.2) is 29.1 Å². The van der Waals surface area contributed by atoms with Gasteiger partial charge in [-0.3, -0.25) is 0 Å². The number of halogens is 1. The molecule has 0 aromatic carbocycles. The summed E-state index contributed by atoms with van der Waals surface area (Å²) in [7, 11) is 0. The molecule has 0 unspecified atom stereocenters. The Kier molecular flexibility index (Phi) is 3.91. The van der Waals surface area contributed by atoms with E-state index < -0.39 is 5.97 Å². The van der Waals surface area contributed by atoms with E-state index in [0.29, 0.717) is 0 Å². The number of rotatable bonds is 2. The van der Waals surface area contributed by atoms with Gasteiger partial charge in [0.25, 0.3) is 0 Å². The van der Waals surface area contributed by atoms with Gasteiger partial charge < -0.3 is 10.0 Å². The van der Waals surface area contributed by atoms with Gasteiger partial charge in [-0.2, -0.15) is 0 Å². The molecule has 1 aromatic heterocycles. The second-order valence-corrected chi connectivity index (χ2v) is 3.38. The molecule has 4 nitrogen and oxygen atoms in total. The van der Waals surface area contributed by atoms with Crippen molar-refractivity contribution in [1.29, 1.82) is 0 Å². The van der Waals surface area contributed by atoms with Crippen LogP contribution in [0.15, 0.2) is 18.2 Å². The molecule has 1 fully saturated rings. The Morgan fingerprint density at radius 1 is 1.33 bits per heavy atom. The number of carbonyl (C=O) groups is 1. The predicted octanol–water partition coefficient (Wildman–Crippen LogP) is 1.80. The smallest absolute Gasteiger partial charge is 0.354 e. The molecule has 0 amide bonds. The van der Waals surface area contributed by atoms with Crippen LogP contribution in [0.1, 0.15) is 23.3 Å². The third-order valence-corrected chi connectivity index (χ3v) is 2.38. The standard InChI is InChI=1S/C10H12N2O2.ClH/c13-10(14)8-4-3-5-9(11-8)12-6-1-2-7-12;/h3-5H,1-2,6-7H2,(H,13,14);1H. The van der Waals surface area contributed by atoms with Gasteiger partial charge in [0, 0.05) is 13.1 Å². The van der Waals surface area contributed by atoms with Crippen LogP contribution >= 0.6 is 12.4 Å². The molecule has 5 heteroatoms. The highest BCUT2D eigenvalue weighted by molar-refractivity contribution is 5.86. The number of carboxylic acids is 1. The molecule has 2 heterocycles. The normalized spacial score (nSPS) is 14.8. The number of pyridine rings is 1. The van der Waals surface area contributed by atoms with E-state index >= 15 is 0 Å². The van der Waals surface area contributed by atoms with Crippen LogP contribution in [0.3, 0.4) is 0 Å². The van der Waals surface area contributed by atoms with E-state index in [4.69, 9.17) is 5.11 Å². The summed E-state index contributed by atoms with van der Waals surface area (Å²) in [6, 6.07) is 5.11. The quantitative estimate of drug-likeness (QED) is 0.839. The van der Waals surface area contributed by atoms with E-state index in [0.717, 1.165) is 18.9 Å². The van der Waals surface area contributed by atoms with Crippen molar-refractivity contribution in [1.82, 2.24) is 4.98 Å². The van der Waals surface area contributed by atoms with Crippen molar-refractivity contribution in [3.8, 4) is 0 Å². The zero-order valence-corrected chi connectivity index (χ0v) is 9.04. The van der Waals surface area contributed by atoms with Crippen LogP contribution in [0.4, 0.5) is 5.82 Å². The third kappa shape index (κ3) is 2.59. The van der Waals surface area contributed by atoms with Crippen molar-refractivity contribution in [2.75, 3.05) is 18.0 Å². The van der Waals surface area contributed by atoms with Crippen LogP contribution in [0.2, 0.25) is 0 Å². The Morgan fingerprint density at radius 3 is 2.60 bits per heavy atom. The van der Waals surface area contributed by atoms with E-state index in [9.17, 15) is 4.79 Å². The highest BCUT2D eigenvalue weighted by atomic mass is 35.5. The van der Waals surface area contributed by atoms with Gasteiger partial charge in [-0.15, -0.1) is 12.4 Å². The average molecular weight is 229 g/mol. The largest absolute Gasteiger partial charge is 0.477 e. The molecule has 2 rings (SSSR count). The molecule has 0 radical (unpaired) electrons. The minimum atomic E-state index is -0.967. The lowest BCUT2D eigenvalue weighted by Crippen LogP contribution is -2.19. The number of nitrogens with zero attached hydrogens (tertiary/aromatic N) is 2. The summed E-state index contributed by atoms with van der Waals surface area (Å²) < 4.78 is 0. The SMILES string of the molecule is Cl.O=C(O)c1cccc(N2CCCC2)n1. The zero-order chi connectivity index (χ0) is 9.97. The van der Waals surface area contributed by atoms with Crippen molar-refractivity contribution in [2.24, 2.45) is 0 Å². The number of hydrogen-bond donors (Lipinski definition) is 1. The summed E-state index contributed by atoms with van der Waals surface area (Å²) in [6.07, 6.45) is 2.33. The predicted molar refractivity (Wildman–Crippen MR) is 59.9 cm³/mol. The van der Waals surface area contributed by atoms with Crippen LogP contribution in [0.5, 0.6) is 0 Å². The van der Waals surface area contributed by atoms with Gasteiger partial charge in [-0.25, -0.2) is 9.78 Å². The first-order chi connectivity index (χ1) is 6.77. The van der Waals surface area contributed by atoms with E-state index in [1.54, 1.807) is 6.07 Å². The van der Waals surface area contributed by atoms with E-state index in [-0.39, 0.29) is 18.1 Å². The van der Waals surface area contributed by atoms with Crippen LogP contribution in [0, 0.1) is 0 Å². The molecule has 1 aliphatic rings. The molecule has 15 heavy (non-hydrogen) atoms. The topological polar surface area (TPSA) is 53.4 Å². The van der Waals surface area contributed by atoms with E-state index in [2.05, 4.69) is 9.88 Å². The van der Waals surface area contributed by atoms with Gasteiger partial charge in [0.05, 0.1) is 0 Å². The molecule has 1 aromatic rings. The number of carboxylic acid groups (broad SMARTS) is 1. The fraction of sp³-hybridized carbons (Fsp3) is 0.400. The van der Waals surface area contributed by atoms with Gasteiger partial charge in [0.15, 0.2) is 5.69 Å². The van der Waals surface area contributed by atoms with E-state index in [1.807, 2.05) is 6.07 Å². The summed E-state index contributed by atoms with van der Waals surface area (Å²) >= 11 is 0. The minimum absolute atomic E-state index is 0. The number of hydrogen-bond acceptors (Lipinski definition) is 3. The maximum absolute atomic E-state index is 10.7. The molecule has 1 N–H and O–H groups in total. The molecule has 82 valence electrons. The summed E-state index contributed by atoms with van der Waals surface area (Å²) in [5.74, 6) is -0.187. The molecule has 0 spiro atoms. The van der Waals surface area contributed by atoms with Gasteiger partial charge in [0.2, 0.25) is 0 Å². The Labute approximate surface area is 94.3 Å². The molecule has 0 atom stereocenters. The molecular formula is C10H13ClN2O2. The van der Waals surface area contributed by atoms with E-state index in [1.165, 1.54) is 18.9 Å². The van der Waals surface area contributed by atoms with Gasteiger partial charge in [0.1, 0.15) is 5.82 Å². The first-order valence-corrected chi connectivity index (χ1v) is 4.73. The molecule has 0 aliphatic carbocycles.